The molecule has 0 spiro atoms. The van der Waals surface area contributed by atoms with E-state index in [0.29, 0.717) is 0 Å². The maximum Gasteiger partial charge on any atom is 0.114 e. The van der Waals surface area contributed by atoms with Crippen LogP contribution in [0, 0.1) is 0 Å². The van der Waals surface area contributed by atoms with Crippen molar-refractivity contribution < 1.29 is 0 Å². The van der Waals surface area contributed by atoms with E-state index in [0.717, 1.165) is 29.0 Å². The lowest BCUT2D eigenvalue weighted by Crippen LogP contribution is -1.99. The van der Waals surface area contributed by atoms with Crippen molar-refractivity contribution in [2.75, 3.05) is 0 Å². The van der Waals surface area contributed by atoms with E-state index >= 15 is 0 Å². The summed E-state index contributed by atoms with van der Waals surface area (Å²) in [6.45, 7) is 2.17. The van der Waals surface area contributed by atoms with Crippen molar-refractivity contribution >= 4 is 54.1 Å². The van der Waals surface area contributed by atoms with Crippen molar-refractivity contribution in [3.05, 3.63) is 133 Å². The third kappa shape index (κ3) is 3.25. The molecule has 0 amide bonds. The molecule has 0 aliphatic rings. The van der Waals surface area contributed by atoms with Gasteiger partial charge >= 0.3 is 0 Å². The van der Waals surface area contributed by atoms with Gasteiger partial charge in [-0.3, -0.25) is 4.57 Å². The van der Waals surface area contributed by atoms with E-state index in [-0.39, 0.29) is 0 Å². The second-order valence-corrected chi connectivity index (χ2v) is 10.2. The normalized spacial score (nSPS) is 11.8. The Morgan fingerprint density at radius 1 is 0.538 bits per heavy atom. The van der Waals surface area contributed by atoms with Gasteiger partial charge < -0.3 is 0 Å². The summed E-state index contributed by atoms with van der Waals surface area (Å²) in [5, 5.41) is 10.4. The van der Waals surface area contributed by atoms with Gasteiger partial charge in [-0.2, -0.15) is 0 Å². The minimum atomic E-state index is 0.882. The van der Waals surface area contributed by atoms with Gasteiger partial charge in [0.05, 0.1) is 11.0 Å². The molecule has 0 radical (unpaired) electrons. The average molecular weight is 499 g/mol. The molecule has 39 heavy (non-hydrogen) atoms. The fourth-order valence-corrected chi connectivity index (χ4v) is 6.40. The van der Waals surface area contributed by atoms with Crippen LogP contribution < -0.4 is 0 Å². The van der Waals surface area contributed by atoms with Gasteiger partial charge in [0.1, 0.15) is 5.82 Å². The van der Waals surface area contributed by atoms with Crippen LogP contribution in [0.2, 0.25) is 0 Å². The molecule has 184 valence electrons. The molecule has 1 aromatic heterocycles. The summed E-state index contributed by atoms with van der Waals surface area (Å²) in [5.41, 5.74) is 5.81. The lowest BCUT2D eigenvalue weighted by Gasteiger charge is -2.16. The van der Waals surface area contributed by atoms with E-state index in [1.807, 2.05) is 0 Å². The van der Waals surface area contributed by atoms with E-state index in [2.05, 4.69) is 139 Å². The topological polar surface area (TPSA) is 17.8 Å². The van der Waals surface area contributed by atoms with Crippen LogP contribution >= 0.6 is 0 Å². The van der Waals surface area contributed by atoms with Gasteiger partial charge in [0.25, 0.3) is 0 Å². The van der Waals surface area contributed by atoms with Crippen molar-refractivity contribution in [1.82, 2.24) is 9.55 Å². The van der Waals surface area contributed by atoms with Gasteiger partial charge in [-0.1, -0.05) is 104 Å². The number of aryl methyl sites for hydroxylation is 1. The second-order valence-electron chi connectivity index (χ2n) is 10.2. The lowest BCUT2D eigenvalue weighted by molar-refractivity contribution is 0.908. The molecule has 2 nitrogen and oxygen atoms in total. The van der Waals surface area contributed by atoms with Gasteiger partial charge in [0.15, 0.2) is 0 Å². The number of nitrogens with zero attached hydrogens (tertiary/aromatic N) is 2. The highest BCUT2D eigenvalue weighted by molar-refractivity contribution is 6.33. The molecule has 0 aliphatic carbocycles. The first-order chi connectivity index (χ1) is 19.3. The summed E-state index contributed by atoms with van der Waals surface area (Å²) >= 11 is 0. The quantitative estimate of drug-likeness (QED) is 0.222. The van der Waals surface area contributed by atoms with E-state index in [1.165, 1.54) is 54.2 Å². The number of imidazole rings is 1. The molecule has 7 aromatic carbocycles. The number of aromatic nitrogens is 2. The summed E-state index contributed by atoms with van der Waals surface area (Å²) in [7, 11) is 0. The molecule has 0 unspecified atom stereocenters. The van der Waals surface area contributed by atoms with Crippen LogP contribution in [0.15, 0.2) is 127 Å². The van der Waals surface area contributed by atoms with Crippen LogP contribution in [0.3, 0.4) is 0 Å². The summed E-state index contributed by atoms with van der Waals surface area (Å²) in [5.74, 6) is 1.08. The fraction of sp³-hybridized carbons (Fsp3) is 0.0541. The van der Waals surface area contributed by atoms with Gasteiger partial charge in [-0.05, 0) is 84.5 Å². The Bertz CT molecular complexity index is 2200. The molecule has 0 saturated carbocycles. The SMILES string of the molecule is CCc1nc2ccccc2n1-c1ccc(-c2cc3c4ccccc4c4ccccc4c3c3ccccc23)cc1. The largest absolute Gasteiger partial charge is 0.296 e. The summed E-state index contributed by atoms with van der Waals surface area (Å²) in [6, 6.07) is 46.3. The maximum absolute atomic E-state index is 4.88. The second kappa shape index (κ2) is 8.54. The molecule has 1 heterocycles. The van der Waals surface area contributed by atoms with Crippen LogP contribution in [0.1, 0.15) is 12.7 Å². The van der Waals surface area contributed by atoms with Crippen molar-refractivity contribution in [3.8, 4) is 16.8 Å². The predicted octanol–water partition coefficient (Wildman–Crippen LogP) is 9.87. The summed E-state index contributed by atoms with van der Waals surface area (Å²) < 4.78 is 2.29. The van der Waals surface area contributed by atoms with Crippen LogP contribution in [0.25, 0.3) is 70.9 Å². The monoisotopic (exact) mass is 498 g/mol. The molecule has 0 saturated heterocycles. The molecule has 8 aromatic rings. The fourth-order valence-electron chi connectivity index (χ4n) is 6.40. The molecule has 0 aliphatic heterocycles. The first-order valence-corrected chi connectivity index (χ1v) is 13.6. The Morgan fingerprint density at radius 2 is 1.08 bits per heavy atom. The van der Waals surface area contributed by atoms with Gasteiger partial charge in [-0.25, -0.2) is 4.98 Å². The highest BCUT2D eigenvalue weighted by Gasteiger charge is 2.15. The van der Waals surface area contributed by atoms with E-state index < -0.39 is 0 Å². The third-order valence-corrected chi connectivity index (χ3v) is 8.13. The Hall–Kier alpha value is -4.95. The Kier molecular flexibility index (Phi) is 4.83. The van der Waals surface area contributed by atoms with Gasteiger partial charge in [0.2, 0.25) is 0 Å². The zero-order valence-corrected chi connectivity index (χ0v) is 21.7. The molecule has 2 heteroatoms. The number of hydrogen-bond acceptors (Lipinski definition) is 1. The average Bonchev–Trinajstić information content (AvgIpc) is 3.39. The number of fused-ring (bicyclic) bond motifs is 9. The number of rotatable bonds is 3. The van der Waals surface area contributed by atoms with Crippen molar-refractivity contribution in [2.45, 2.75) is 13.3 Å². The number of hydrogen-bond donors (Lipinski definition) is 0. The van der Waals surface area contributed by atoms with E-state index in [4.69, 9.17) is 4.98 Å². The zero-order chi connectivity index (χ0) is 25.9. The van der Waals surface area contributed by atoms with Crippen LogP contribution in [-0.4, -0.2) is 9.55 Å². The van der Waals surface area contributed by atoms with Gasteiger partial charge in [-0.15, -0.1) is 0 Å². The smallest absolute Gasteiger partial charge is 0.114 e. The molecule has 0 fully saturated rings. The highest BCUT2D eigenvalue weighted by atomic mass is 15.1. The van der Waals surface area contributed by atoms with Crippen molar-refractivity contribution in [3.63, 3.8) is 0 Å². The van der Waals surface area contributed by atoms with Crippen LogP contribution in [0.5, 0.6) is 0 Å². The molecular weight excluding hydrogens is 472 g/mol. The number of para-hydroxylation sites is 2. The van der Waals surface area contributed by atoms with E-state index in [9.17, 15) is 0 Å². The van der Waals surface area contributed by atoms with Crippen molar-refractivity contribution in [2.24, 2.45) is 0 Å². The van der Waals surface area contributed by atoms with Crippen LogP contribution in [0.4, 0.5) is 0 Å². The molecule has 0 bridgehead atoms. The zero-order valence-electron chi connectivity index (χ0n) is 21.7. The Balaban J connectivity index is 1.41. The molecular formula is C37H26N2. The van der Waals surface area contributed by atoms with Crippen molar-refractivity contribution in [1.29, 1.82) is 0 Å². The van der Waals surface area contributed by atoms with Gasteiger partial charge in [0, 0.05) is 12.1 Å². The minimum Gasteiger partial charge on any atom is -0.296 e. The standard InChI is InChI=1S/C37H26N2/c1-2-36-38-34-17-9-10-18-35(34)39(36)25-21-19-24(20-22-25)32-23-33-28-13-4-3-11-26(28)27-12-5-7-15-30(27)37(33)31-16-8-6-14-29(31)32/h3-23H,2H2,1H3. The molecule has 0 N–H and O–H groups in total. The van der Waals surface area contributed by atoms with E-state index in [1.54, 1.807) is 0 Å². The first-order valence-electron chi connectivity index (χ1n) is 13.6. The van der Waals surface area contributed by atoms with Crippen LogP contribution in [-0.2, 0) is 6.42 Å². The summed E-state index contributed by atoms with van der Waals surface area (Å²) in [4.78, 5) is 4.88. The predicted molar refractivity (Wildman–Crippen MR) is 166 cm³/mol. The lowest BCUT2D eigenvalue weighted by atomic mass is 9.87. The maximum atomic E-state index is 4.88. The minimum absolute atomic E-state index is 0.882. The Morgan fingerprint density at radius 3 is 1.77 bits per heavy atom. The number of benzene rings is 7. The highest BCUT2D eigenvalue weighted by Crippen LogP contribution is 2.42. The summed E-state index contributed by atoms with van der Waals surface area (Å²) in [6.07, 6.45) is 0.882. The Labute approximate surface area is 226 Å². The third-order valence-electron chi connectivity index (χ3n) is 8.13. The molecule has 8 rings (SSSR count). The first kappa shape index (κ1) is 22.1. The molecule has 0 atom stereocenters.